The zero-order valence-corrected chi connectivity index (χ0v) is 13.5. The van der Waals surface area contributed by atoms with Crippen LogP contribution in [0.1, 0.15) is 50.5 Å². The summed E-state index contributed by atoms with van der Waals surface area (Å²) in [4.78, 5) is 14.8. The number of thiophene rings is 1. The Morgan fingerprint density at radius 2 is 1.81 bits per heavy atom. The van der Waals surface area contributed by atoms with Crippen molar-refractivity contribution in [3.8, 4) is 0 Å². The number of nitrogens with one attached hydrogen (secondary N) is 1. The lowest BCUT2D eigenvalue weighted by Gasteiger charge is -2.10. The van der Waals surface area contributed by atoms with Crippen LogP contribution in [0.5, 0.6) is 0 Å². The average Bonchev–Trinajstić information content (AvgIpc) is 2.74. The van der Waals surface area contributed by atoms with Crippen LogP contribution in [-0.4, -0.2) is 5.91 Å². The molecular formula is C18H21NOS. The van der Waals surface area contributed by atoms with Crippen LogP contribution in [0.4, 0.5) is 5.69 Å². The lowest BCUT2D eigenvalue weighted by atomic mass is 10.1. The van der Waals surface area contributed by atoms with Crippen LogP contribution < -0.4 is 5.32 Å². The van der Waals surface area contributed by atoms with E-state index in [-0.39, 0.29) is 5.91 Å². The second-order valence-electron chi connectivity index (χ2n) is 5.84. The molecule has 2 nitrogen and oxygen atoms in total. The van der Waals surface area contributed by atoms with Crippen LogP contribution in [-0.2, 0) is 12.8 Å². The lowest BCUT2D eigenvalue weighted by Crippen LogP contribution is -2.12. The quantitative estimate of drug-likeness (QED) is 0.786. The van der Waals surface area contributed by atoms with E-state index in [1.54, 1.807) is 11.3 Å². The molecule has 3 rings (SSSR count). The first-order chi connectivity index (χ1) is 10.1. The molecule has 0 unspecified atom stereocenters. The van der Waals surface area contributed by atoms with Gasteiger partial charge in [-0.15, -0.1) is 11.3 Å². The number of aryl methyl sites for hydroxylation is 4. The smallest absolute Gasteiger partial charge is 0.265 e. The molecule has 1 heterocycles. The Bertz CT molecular complexity index is 628. The molecule has 1 aromatic carbocycles. The zero-order chi connectivity index (χ0) is 14.8. The zero-order valence-electron chi connectivity index (χ0n) is 12.7. The van der Waals surface area contributed by atoms with Crippen LogP contribution in [0.3, 0.4) is 0 Å². The van der Waals surface area contributed by atoms with Gasteiger partial charge in [0.25, 0.3) is 5.91 Å². The summed E-state index contributed by atoms with van der Waals surface area (Å²) in [7, 11) is 0. The Morgan fingerprint density at radius 1 is 1.10 bits per heavy atom. The summed E-state index contributed by atoms with van der Waals surface area (Å²) in [6.07, 6.45) is 6.08. The van der Waals surface area contributed by atoms with Crippen LogP contribution in [0, 0.1) is 13.8 Å². The van der Waals surface area contributed by atoms with E-state index in [1.165, 1.54) is 29.7 Å². The Balaban J connectivity index is 1.83. The van der Waals surface area contributed by atoms with E-state index < -0.39 is 0 Å². The molecule has 1 N–H and O–H groups in total. The molecule has 0 atom stereocenters. The number of hydrogen-bond acceptors (Lipinski definition) is 2. The van der Waals surface area contributed by atoms with Gasteiger partial charge in [0.2, 0.25) is 0 Å². The van der Waals surface area contributed by atoms with Gasteiger partial charge in [-0.05, 0) is 62.3 Å². The number of rotatable bonds is 2. The predicted molar refractivity (Wildman–Crippen MR) is 89.4 cm³/mol. The monoisotopic (exact) mass is 299 g/mol. The van der Waals surface area contributed by atoms with Crippen LogP contribution >= 0.6 is 11.3 Å². The maximum Gasteiger partial charge on any atom is 0.265 e. The van der Waals surface area contributed by atoms with E-state index in [0.717, 1.165) is 34.5 Å². The highest BCUT2D eigenvalue weighted by molar-refractivity contribution is 7.14. The summed E-state index contributed by atoms with van der Waals surface area (Å²) in [6, 6.07) is 8.19. The fourth-order valence-corrected chi connectivity index (χ4v) is 4.11. The normalized spacial score (nSPS) is 14.4. The molecule has 0 radical (unpaired) electrons. The number of fused-ring (bicyclic) bond motifs is 1. The standard InChI is InChI=1S/C18H21NOS/c1-12-7-6-8-13(2)17(12)19-18(20)16-11-14-9-4-3-5-10-15(14)21-16/h6-8,11H,3-5,9-10H2,1-2H3,(H,19,20). The Labute approximate surface area is 130 Å². The van der Waals surface area contributed by atoms with Crippen molar-refractivity contribution in [3.05, 3.63) is 50.7 Å². The number of hydrogen-bond donors (Lipinski definition) is 1. The van der Waals surface area contributed by atoms with Gasteiger partial charge in [-0.3, -0.25) is 4.79 Å². The maximum absolute atomic E-state index is 12.5. The molecule has 0 spiro atoms. The van der Waals surface area contributed by atoms with E-state index in [0.29, 0.717) is 0 Å². The Morgan fingerprint density at radius 3 is 2.57 bits per heavy atom. The molecule has 1 aliphatic carbocycles. The molecule has 0 bridgehead atoms. The summed E-state index contributed by atoms with van der Waals surface area (Å²) >= 11 is 1.68. The molecule has 21 heavy (non-hydrogen) atoms. The minimum Gasteiger partial charge on any atom is -0.321 e. The summed E-state index contributed by atoms with van der Waals surface area (Å²) < 4.78 is 0. The van der Waals surface area contributed by atoms with Crippen molar-refractivity contribution in [1.82, 2.24) is 0 Å². The van der Waals surface area contributed by atoms with Crippen LogP contribution in [0.15, 0.2) is 24.3 Å². The average molecular weight is 299 g/mol. The Hall–Kier alpha value is -1.61. The summed E-state index contributed by atoms with van der Waals surface area (Å²) in [5, 5.41) is 3.09. The minimum absolute atomic E-state index is 0.0328. The van der Waals surface area contributed by atoms with Crippen molar-refractivity contribution in [3.63, 3.8) is 0 Å². The summed E-state index contributed by atoms with van der Waals surface area (Å²) in [5.41, 5.74) is 4.57. The van der Waals surface area contributed by atoms with Gasteiger partial charge in [-0.25, -0.2) is 0 Å². The third-order valence-electron chi connectivity index (χ3n) is 4.19. The Kier molecular flexibility index (Phi) is 4.11. The molecule has 3 heteroatoms. The third kappa shape index (κ3) is 3.03. The van der Waals surface area contributed by atoms with Crippen molar-refractivity contribution < 1.29 is 4.79 Å². The second kappa shape index (κ2) is 6.02. The number of carbonyl (C=O) groups excluding carboxylic acids is 1. The van der Waals surface area contributed by atoms with E-state index in [1.807, 2.05) is 32.0 Å². The molecule has 1 aliphatic rings. The van der Waals surface area contributed by atoms with E-state index in [4.69, 9.17) is 0 Å². The van der Waals surface area contributed by atoms with Gasteiger partial charge < -0.3 is 5.32 Å². The highest BCUT2D eigenvalue weighted by atomic mass is 32.1. The number of para-hydroxylation sites is 1. The van der Waals surface area contributed by atoms with Crippen molar-refractivity contribution in [2.75, 3.05) is 5.32 Å². The van der Waals surface area contributed by atoms with Gasteiger partial charge in [-0.2, -0.15) is 0 Å². The van der Waals surface area contributed by atoms with Gasteiger partial charge in [0.15, 0.2) is 0 Å². The second-order valence-corrected chi connectivity index (χ2v) is 6.98. The molecule has 0 saturated heterocycles. The van der Waals surface area contributed by atoms with Crippen molar-refractivity contribution in [2.45, 2.75) is 46.0 Å². The predicted octanol–water partition coefficient (Wildman–Crippen LogP) is 4.89. The largest absolute Gasteiger partial charge is 0.321 e. The highest BCUT2D eigenvalue weighted by Crippen LogP contribution is 2.30. The molecule has 0 fully saturated rings. The van der Waals surface area contributed by atoms with Crippen molar-refractivity contribution in [1.29, 1.82) is 0 Å². The molecule has 0 saturated carbocycles. The third-order valence-corrected chi connectivity index (χ3v) is 5.43. The van der Waals surface area contributed by atoms with Gasteiger partial charge in [0.1, 0.15) is 0 Å². The van der Waals surface area contributed by atoms with Gasteiger partial charge in [-0.1, -0.05) is 24.6 Å². The lowest BCUT2D eigenvalue weighted by molar-refractivity contribution is 0.103. The van der Waals surface area contributed by atoms with Crippen molar-refractivity contribution in [2.24, 2.45) is 0 Å². The van der Waals surface area contributed by atoms with E-state index in [2.05, 4.69) is 11.4 Å². The highest BCUT2D eigenvalue weighted by Gasteiger charge is 2.17. The fraction of sp³-hybridized carbons (Fsp3) is 0.389. The van der Waals surface area contributed by atoms with E-state index >= 15 is 0 Å². The molecule has 0 aliphatic heterocycles. The SMILES string of the molecule is Cc1cccc(C)c1NC(=O)c1cc2c(s1)CCCCC2. The van der Waals surface area contributed by atoms with Gasteiger partial charge in [0.05, 0.1) is 4.88 Å². The van der Waals surface area contributed by atoms with Crippen LogP contribution in [0.2, 0.25) is 0 Å². The molecule has 110 valence electrons. The number of benzene rings is 1. The number of carbonyl (C=O) groups is 1. The summed E-state index contributed by atoms with van der Waals surface area (Å²) in [6.45, 7) is 4.07. The minimum atomic E-state index is 0.0328. The first-order valence-corrected chi connectivity index (χ1v) is 8.46. The molecule has 1 aromatic heterocycles. The molecular weight excluding hydrogens is 278 g/mol. The van der Waals surface area contributed by atoms with Gasteiger partial charge >= 0.3 is 0 Å². The summed E-state index contributed by atoms with van der Waals surface area (Å²) in [5.74, 6) is 0.0328. The first kappa shape index (κ1) is 14.3. The van der Waals surface area contributed by atoms with Crippen molar-refractivity contribution >= 4 is 22.9 Å². The maximum atomic E-state index is 12.5. The van der Waals surface area contributed by atoms with Gasteiger partial charge in [0, 0.05) is 10.6 Å². The fourth-order valence-electron chi connectivity index (χ4n) is 2.97. The van der Waals surface area contributed by atoms with Crippen LogP contribution in [0.25, 0.3) is 0 Å². The molecule has 2 aromatic rings. The number of anilines is 1. The topological polar surface area (TPSA) is 29.1 Å². The first-order valence-electron chi connectivity index (χ1n) is 7.64. The van der Waals surface area contributed by atoms with E-state index in [9.17, 15) is 4.79 Å². The molecule has 1 amide bonds. The number of amides is 1.